The van der Waals surface area contributed by atoms with Crippen LogP contribution in [0, 0.1) is 12.7 Å². The molecule has 0 fully saturated rings. The van der Waals surface area contributed by atoms with Gasteiger partial charge in [-0.3, -0.25) is 4.98 Å². The van der Waals surface area contributed by atoms with Gasteiger partial charge in [0, 0.05) is 29.0 Å². The highest BCUT2D eigenvalue weighted by molar-refractivity contribution is 6.31. The summed E-state index contributed by atoms with van der Waals surface area (Å²) in [5, 5.41) is 4.16. The molecule has 3 aromatic carbocycles. The molecule has 156 valence electrons. The standard InChI is InChI=1S/C26H18ClFN4/c1-16-4-2-5-17(12-16)18-7-9-21-24(13-18)31-25(19-6-3-11-29-15-19)32-26(21)30-20-8-10-23(28)22(27)14-20/h2-15H,1H3,(H,30,31,32). The van der Waals surface area contributed by atoms with Gasteiger partial charge in [0.25, 0.3) is 0 Å². The van der Waals surface area contributed by atoms with E-state index in [-0.39, 0.29) is 5.02 Å². The zero-order valence-corrected chi connectivity index (χ0v) is 17.9. The maximum Gasteiger partial charge on any atom is 0.163 e. The lowest BCUT2D eigenvalue weighted by atomic mass is 10.0. The number of benzene rings is 3. The van der Waals surface area contributed by atoms with E-state index in [0.717, 1.165) is 27.6 Å². The first-order valence-corrected chi connectivity index (χ1v) is 10.5. The number of pyridine rings is 1. The van der Waals surface area contributed by atoms with Crippen molar-refractivity contribution in [2.75, 3.05) is 5.32 Å². The number of aromatic nitrogens is 3. The highest BCUT2D eigenvalue weighted by atomic mass is 35.5. The van der Waals surface area contributed by atoms with Crippen molar-refractivity contribution in [1.29, 1.82) is 0 Å². The molecule has 0 radical (unpaired) electrons. The zero-order valence-electron chi connectivity index (χ0n) is 17.2. The fourth-order valence-corrected chi connectivity index (χ4v) is 3.74. The minimum absolute atomic E-state index is 0.0441. The summed E-state index contributed by atoms with van der Waals surface area (Å²) in [5.74, 6) is 0.679. The molecule has 0 saturated heterocycles. The third kappa shape index (κ3) is 4.03. The predicted molar refractivity (Wildman–Crippen MR) is 128 cm³/mol. The highest BCUT2D eigenvalue weighted by Gasteiger charge is 2.12. The Balaban J connectivity index is 1.67. The van der Waals surface area contributed by atoms with Gasteiger partial charge in [0.15, 0.2) is 5.82 Å². The van der Waals surface area contributed by atoms with E-state index >= 15 is 0 Å². The molecule has 4 nitrogen and oxygen atoms in total. The fraction of sp³-hybridized carbons (Fsp3) is 0.0385. The van der Waals surface area contributed by atoms with E-state index in [9.17, 15) is 4.39 Å². The molecule has 2 heterocycles. The number of aryl methyl sites for hydroxylation is 1. The van der Waals surface area contributed by atoms with Gasteiger partial charge in [0.05, 0.1) is 10.5 Å². The largest absolute Gasteiger partial charge is 0.340 e. The molecule has 2 aromatic heterocycles. The molecule has 0 atom stereocenters. The summed E-state index contributed by atoms with van der Waals surface area (Å²) >= 11 is 5.97. The molecule has 32 heavy (non-hydrogen) atoms. The van der Waals surface area contributed by atoms with Crippen LogP contribution in [-0.4, -0.2) is 15.0 Å². The molecule has 0 amide bonds. The molecule has 6 heteroatoms. The second kappa shape index (κ2) is 8.36. The third-order valence-corrected chi connectivity index (χ3v) is 5.44. The summed E-state index contributed by atoms with van der Waals surface area (Å²) in [6.07, 6.45) is 3.43. The average Bonchev–Trinajstić information content (AvgIpc) is 2.81. The second-order valence-electron chi connectivity index (χ2n) is 7.49. The fourth-order valence-electron chi connectivity index (χ4n) is 3.56. The van der Waals surface area contributed by atoms with Crippen LogP contribution < -0.4 is 5.32 Å². The molecule has 0 unspecified atom stereocenters. The van der Waals surface area contributed by atoms with E-state index in [1.54, 1.807) is 18.5 Å². The van der Waals surface area contributed by atoms with Gasteiger partial charge in [-0.2, -0.15) is 0 Å². The number of anilines is 2. The SMILES string of the molecule is Cc1cccc(-c2ccc3c(Nc4ccc(F)c(Cl)c4)nc(-c4cccnc4)nc3c2)c1. The van der Waals surface area contributed by atoms with Crippen LogP contribution in [-0.2, 0) is 0 Å². The van der Waals surface area contributed by atoms with Gasteiger partial charge in [0.1, 0.15) is 11.6 Å². The molecule has 0 aliphatic heterocycles. The summed E-state index contributed by atoms with van der Waals surface area (Å²) in [7, 11) is 0. The number of nitrogens with zero attached hydrogens (tertiary/aromatic N) is 3. The lowest BCUT2D eigenvalue weighted by Crippen LogP contribution is -2.00. The van der Waals surface area contributed by atoms with Crippen molar-refractivity contribution in [1.82, 2.24) is 15.0 Å². The van der Waals surface area contributed by atoms with Gasteiger partial charge < -0.3 is 5.32 Å². The van der Waals surface area contributed by atoms with Crippen molar-refractivity contribution in [3.05, 3.63) is 102 Å². The van der Waals surface area contributed by atoms with E-state index in [1.165, 1.54) is 17.7 Å². The summed E-state index contributed by atoms with van der Waals surface area (Å²) in [6, 6.07) is 22.7. The smallest absolute Gasteiger partial charge is 0.163 e. The Labute approximate surface area is 189 Å². The van der Waals surface area contributed by atoms with Crippen LogP contribution >= 0.6 is 11.6 Å². The lowest BCUT2D eigenvalue weighted by molar-refractivity contribution is 0.628. The number of hydrogen-bond acceptors (Lipinski definition) is 4. The first kappa shape index (κ1) is 20.1. The van der Waals surface area contributed by atoms with Crippen molar-refractivity contribution >= 4 is 34.0 Å². The normalized spacial score (nSPS) is 11.0. The van der Waals surface area contributed by atoms with E-state index in [1.807, 2.05) is 30.3 Å². The molecular formula is C26H18ClFN4. The van der Waals surface area contributed by atoms with Crippen molar-refractivity contribution in [2.24, 2.45) is 0 Å². The Hall–Kier alpha value is -3.83. The topological polar surface area (TPSA) is 50.7 Å². The van der Waals surface area contributed by atoms with Crippen molar-refractivity contribution in [2.45, 2.75) is 6.92 Å². The minimum Gasteiger partial charge on any atom is -0.340 e. The Kier molecular flexibility index (Phi) is 5.25. The molecule has 0 bridgehead atoms. The minimum atomic E-state index is -0.469. The Bertz CT molecular complexity index is 1440. The monoisotopic (exact) mass is 440 g/mol. The second-order valence-corrected chi connectivity index (χ2v) is 7.90. The predicted octanol–water partition coefficient (Wildman–Crippen LogP) is 7.20. The highest BCUT2D eigenvalue weighted by Crippen LogP contribution is 2.31. The molecule has 0 aliphatic carbocycles. The molecule has 0 saturated carbocycles. The van der Waals surface area contributed by atoms with Crippen LogP contribution in [0.1, 0.15) is 5.56 Å². The molecule has 5 aromatic rings. The number of rotatable bonds is 4. The molecular weight excluding hydrogens is 423 g/mol. The summed E-state index contributed by atoms with van der Waals surface area (Å²) in [5.41, 5.74) is 5.60. The van der Waals surface area contributed by atoms with Gasteiger partial charge in [-0.25, -0.2) is 14.4 Å². The zero-order chi connectivity index (χ0) is 22.1. The Morgan fingerprint density at radius 3 is 2.47 bits per heavy atom. The van der Waals surface area contributed by atoms with E-state index in [2.05, 4.69) is 41.5 Å². The van der Waals surface area contributed by atoms with Crippen LogP contribution in [0.5, 0.6) is 0 Å². The Morgan fingerprint density at radius 1 is 0.844 bits per heavy atom. The van der Waals surface area contributed by atoms with Crippen LogP contribution in [0.15, 0.2) is 85.2 Å². The van der Waals surface area contributed by atoms with Crippen molar-refractivity contribution < 1.29 is 4.39 Å². The third-order valence-electron chi connectivity index (χ3n) is 5.15. The van der Waals surface area contributed by atoms with Crippen LogP contribution in [0.2, 0.25) is 5.02 Å². The van der Waals surface area contributed by atoms with E-state index in [0.29, 0.717) is 17.3 Å². The summed E-state index contributed by atoms with van der Waals surface area (Å²) in [6.45, 7) is 2.07. The van der Waals surface area contributed by atoms with Gasteiger partial charge >= 0.3 is 0 Å². The molecule has 0 aliphatic rings. The number of nitrogens with one attached hydrogen (secondary N) is 1. The van der Waals surface area contributed by atoms with E-state index < -0.39 is 5.82 Å². The van der Waals surface area contributed by atoms with Gasteiger partial charge in [-0.15, -0.1) is 0 Å². The lowest BCUT2D eigenvalue weighted by Gasteiger charge is -2.13. The van der Waals surface area contributed by atoms with Crippen LogP contribution in [0.3, 0.4) is 0 Å². The average molecular weight is 441 g/mol. The van der Waals surface area contributed by atoms with Gasteiger partial charge in [-0.05, 0) is 60.5 Å². The molecule has 5 rings (SSSR count). The first-order valence-electron chi connectivity index (χ1n) is 10.1. The summed E-state index contributed by atoms with van der Waals surface area (Å²) < 4.78 is 13.6. The van der Waals surface area contributed by atoms with Crippen molar-refractivity contribution in [3.8, 4) is 22.5 Å². The Morgan fingerprint density at radius 2 is 1.69 bits per heavy atom. The van der Waals surface area contributed by atoms with Crippen molar-refractivity contribution in [3.63, 3.8) is 0 Å². The molecule has 0 spiro atoms. The van der Waals surface area contributed by atoms with E-state index in [4.69, 9.17) is 21.6 Å². The van der Waals surface area contributed by atoms with Crippen LogP contribution in [0.4, 0.5) is 15.9 Å². The number of fused-ring (bicyclic) bond motifs is 1. The first-order chi connectivity index (χ1) is 15.6. The van der Waals surface area contributed by atoms with Crippen LogP contribution in [0.25, 0.3) is 33.4 Å². The number of halogens is 2. The quantitative estimate of drug-likeness (QED) is 0.321. The maximum absolute atomic E-state index is 13.6. The summed E-state index contributed by atoms with van der Waals surface area (Å²) in [4.78, 5) is 13.7. The van der Waals surface area contributed by atoms with Gasteiger partial charge in [0.2, 0.25) is 0 Å². The molecule has 1 N–H and O–H groups in total. The maximum atomic E-state index is 13.6. The van der Waals surface area contributed by atoms with Gasteiger partial charge in [-0.1, -0.05) is 47.5 Å². The number of hydrogen-bond donors (Lipinski definition) is 1.